The first-order valence-electron chi connectivity index (χ1n) is 12.8. The van der Waals surface area contributed by atoms with Crippen LogP contribution in [0.5, 0.6) is 0 Å². The lowest BCUT2D eigenvalue weighted by Crippen LogP contribution is -2.44. The van der Waals surface area contributed by atoms with E-state index in [1.54, 1.807) is 0 Å². The minimum absolute atomic E-state index is 0.0853. The molecule has 1 aromatic carbocycles. The summed E-state index contributed by atoms with van der Waals surface area (Å²) >= 11 is 0. The number of nitrogens with zero attached hydrogens (tertiary/aromatic N) is 4. The van der Waals surface area contributed by atoms with Gasteiger partial charge in [-0.3, -0.25) is 9.80 Å². The van der Waals surface area contributed by atoms with Crippen molar-refractivity contribution in [3.63, 3.8) is 0 Å². The highest BCUT2D eigenvalue weighted by molar-refractivity contribution is 5.68. The first-order chi connectivity index (χ1) is 17.1. The molecular formula is C26H40N4O5. The van der Waals surface area contributed by atoms with Crippen molar-refractivity contribution >= 4 is 5.88 Å². The van der Waals surface area contributed by atoms with E-state index in [1.165, 1.54) is 0 Å². The van der Waals surface area contributed by atoms with Crippen LogP contribution in [0.1, 0.15) is 19.4 Å². The Hall–Kier alpha value is -2.01. The molecule has 1 N–H and O–H groups in total. The van der Waals surface area contributed by atoms with E-state index in [1.807, 2.05) is 32.0 Å². The molecule has 1 atom stereocenters. The zero-order valence-electron chi connectivity index (χ0n) is 21.1. The quantitative estimate of drug-likeness (QED) is 0.483. The molecule has 1 aromatic heterocycles. The van der Waals surface area contributed by atoms with Crippen LogP contribution in [0, 0.1) is 0 Å². The van der Waals surface area contributed by atoms with Gasteiger partial charge in [-0.1, -0.05) is 35.5 Å². The van der Waals surface area contributed by atoms with Gasteiger partial charge in [-0.15, -0.1) is 0 Å². The van der Waals surface area contributed by atoms with Gasteiger partial charge >= 0.3 is 0 Å². The third-order valence-electron chi connectivity index (χ3n) is 6.42. The topological polar surface area (TPSA) is 83.7 Å². The van der Waals surface area contributed by atoms with Crippen LogP contribution < -0.4 is 4.90 Å². The summed E-state index contributed by atoms with van der Waals surface area (Å²) in [5.41, 5.74) is 2.94. The van der Waals surface area contributed by atoms with Crippen molar-refractivity contribution in [3.05, 3.63) is 35.9 Å². The van der Waals surface area contributed by atoms with E-state index in [9.17, 15) is 5.11 Å². The Labute approximate surface area is 208 Å². The Morgan fingerprint density at radius 1 is 1.03 bits per heavy atom. The second-order valence-corrected chi connectivity index (χ2v) is 9.51. The van der Waals surface area contributed by atoms with Gasteiger partial charge in [0.2, 0.25) is 5.88 Å². The molecule has 194 valence electrons. The second kappa shape index (κ2) is 13.3. The number of benzene rings is 1. The van der Waals surface area contributed by atoms with Crippen molar-refractivity contribution in [2.75, 3.05) is 83.7 Å². The summed E-state index contributed by atoms with van der Waals surface area (Å²) in [6.07, 6.45) is -0.490. The van der Waals surface area contributed by atoms with E-state index in [0.29, 0.717) is 32.9 Å². The molecule has 35 heavy (non-hydrogen) atoms. The van der Waals surface area contributed by atoms with Crippen LogP contribution in [0.4, 0.5) is 5.88 Å². The zero-order valence-corrected chi connectivity index (χ0v) is 21.1. The third kappa shape index (κ3) is 7.73. The van der Waals surface area contributed by atoms with E-state index < -0.39 is 6.10 Å². The molecule has 0 bridgehead atoms. The van der Waals surface area contributed by atoms with Gasteiger partial charge in [0.25, 0.3) is 0 Å². The van der Waals surface area contributed by atoms with Crippen LogP contribution >= 0.6 is 0 Å². The van der Waals surface area contributed by atoms with Gasteiger partial charge in [0.15, 0.2) is 0 Å². The van der Waals surface area contributed by atoms with E-state index in [-0.39, 0.29) is 6.10 Å². The molecule has 4 rings (SSSR count). The lowest BCUT2D eigenvalue weighted by Gasteiger charge is -2.32. The highest BCUT2D eigenvalue weighted by Crippen LogP contribution is 2.33. The smallest absolute Gasteiger partial charge is 0.232 e. The highest BCUT2D eigenvalue weighted by atomic mass is 16.5. The van der Waals surface area contributed by atoms with Crippen molar-refractivity contribution in [2.45, 2.75) is 32.6 Å². The molecule has 2 aliphatic heterocycles. The van der Waals surface area contributed by atoms with Gasteiger partial charge in [0.05, 0.1) is 50.8 Å². The minimum atomic E-state index is -0.575. The number of hydrogen-bond donors (Lipinski definition) is 1. The molecule has 2 aromatic rings. The largest absolute Gasteiger partial charge is 0.389 e. The van der Waals surface area contributed by atoms with Crippen LogP contribution in [-0.4, -0.2) is 111 Å². The number of anilines is 1. The third-order valence-corrected chi connectivity index (χ3v) is 6.42. The van der Waals surface area contributed by atoms with Crippen molar-refractivity contribution in [2.24, 2.45) is 0 Å². The predicted molar refractivity (Wildman–Crippen MR) is 135 cm³/mol. The molecule has 0 saturated carbocycles. The number of ether oxygens (including phenoxy) is 3. The fourth-order valence-corrected chi connectivity index (χ4v) is 4.50. The van der Waals surface area contributed by atoms with Gasteiger partial charge in [-0.2, -0.15) is 0 Å². The van der Waals surface area contributed by atoms with Gasteiger partial charge < -0.3 is 28.7 Å². The van der Waals surface area contributed by atoms with Gasteiger partial charge in [-0.25, -0.2) is 0 Å². The Morgan fingerprint density at radius 2 is 1.71 bits per heavy atom. The van der Waals surface area contributed by atoms with Crippen LogP contribution in [0.3, 0.4) is 0 Å². The number of hydrogen-bond acceptors (Lipinski definition) is 9. The van der Waals surface area contributed by atoms with E-state index in [0.717, 1.165) is 75.2 Å². The minimum Gasteiger partial charge on any atom is -0.389 e. The summed E-state index contributed by atoms with van der Waals surface area (Å²) in [5, 5.41) is 15.3. The van der Waals surface area contributed by atoms with Crippen LogP contribution in [-0.2, 0) is 20.8 Å². The summed E-state index contributed by atoms with van der Waals surface area (Å²) in [4.78, 5) is 6.94. The zero-order chi connectivity index (χ0) is 24.5. The second-order valence-electron chi connectivity index (χ2n) is 9.51. The maximum absolute atomic E-state index is 10.8. The van der Waals surface area contributed by atoms with Crippen LogP contribution in [0.2, 0.25) is 0 Å². The molecule has 2 saturated heterocycles. The summed E-state index contributed by atoms with van der Waals surface area (Å²) < 4.78 is 22.7. The number of aliphatic hydroxyl groups is 1. The molecule has 0 radical (unpaired) electrons. The Morgan fingerprint density at radius 3 is 2.40 bits per heavy atom. The summed E-state index contributed by atoms with van der Waals surface area (Å²) in [6.45, 7) is 13.5. The predicted octanol–water partition coefficient (Wildman–Crippen LogP) is 2.10. The van der Waals surface area contributed by atoms with Crippen molar-refractivity contribution in [3.8, 4) is 11.3 Å². The number of morpholine rings is 2. The molecule has 0 spiro atoms. The summed E-state index contributed by atoms with van der Waals surface area (Å²) in [5.74, 6) is 0.802. The highest BCUT2D eigenvalue weighted by Gasteiger charge is 2.27. The Balaban J connectivity index is 1.55. The molecule has 1 unspecified atom stereocenters. The molecule has 9 heteroatoms. The average molecular weight is 489 g/mol. The van der Waals surface area contributed by atoms with Crippen LogP contribution in [0.15, 0.2) is 34.9 Å². The fraction of sp³-hybridized carbons (Fsp3) is 0.654. The molecular weight excluding hydrogens is 448 g/mol. The standard InChI is InChI=1S/C26H40N4O5/c1-21(2)34-20-23(31)18-29(9-8-28-10-14-32-15-11-28)19-24-25(22-6-4-3-5-7-22)27-35-26(24)30-12-16-33-17-13-30/h3-7,21,23,31H,8-20H2,1-2H3. The van der Waals surface area contributed by atoms with Crippen LogP contribution in [0.25, 0.3) is 11.3 Å². The molecule has 2 fully saturated rings. The van der Waals surface area contributed by atoms with E-state index >= 15 is 0 Å². The lowest BCUT2D eigenvalue weighted by atomic mass is 10.1. The summed E-state index contributed by atoms with van der Waals surface area (Å²) in [6, 6.07) is 10.2. The number of aliphatic hydroxyl groups excluding tert-OH is 1. The monoisotopic (exact) mass is 488 g/mol. The average Bonchev–Trinajstić information content (AvgIpc) is 3.31. The fourth-order valence-electron chi connectivity index (χ4n) is 4.50. The normalized spacial score (nSPS) is 18.5. The van der Waals surface area contributed by atoms with Gasteiger partial charge in [-0.05, 0) is 13.8 Å². The molecule has 9 nitrogen and oxygen atoms in total. The lowest BCUT2D eigenvalue weighted by molar-refractivity contribution is -0.0128. The molecule has 2 aliphatic rings. The van der Waals surface area contributed by atoms with E-state index in [2.05, 4.69) is 32.0 Å². The summed E-state index contributed by atoms with van der Waals surface area (Å²) in [7, 11) is 0. The van der Waals surface area contributed by atoms with Crippen molar-refractivity contribution < 1.29 is 23.8 Å². The van der Waals surface area contributed by atoms with Crippen molar-refractivity contribution in [1.82, 2.24) is 15.0 Å². The molecule has 3 heterocycles. The molecule has 0 amide bonds. The maximum Gasteiger partial charge on any atom is 0.232 e. The Bertz CT molecular complexity index is 866. The number of rotatable bonds is 12. The van der Waals surface area contributed by atoms with Gasteiger partial charge in [0, 0.05) is 57.9 Å². The number of aromatic nitrogens is 1. The van der Waals surface area contributed by atoms with Crippen molar-refractivity contribution in [1.29, 1.82) is 0 Å². The first kappa shape index (κ1) is 26.1. The SMILES string of the molecule is CC(C)OCC(O)CN(CCN1CCOCC1)Cc1c(-c2ccccc2)noc1N1CCOCC1. The maximum atomic E-state index is 10.8. The molecule has 0 aliphatic carbocycles. The van der Waals surface area contributed by atoms with Gasteiger partial charge in [0.1, 0.15) is 5.69 Å². The van der Waals surface area contributed by atoms with E-state index in [4.69, 9.17) is 18.7 Å². The Kier molecular flexibility index (Phi) is 9.93. The first-order valence-corrected chi connectivity index (χ1v) is 12.8.